The number of phenols is 1. The van der Waals surface area contributed by atoms with Crippen LogP contribution in [0, 0.1) is 0 Å². The van der Waals surface area contributed by atoms with Gasteiger partial charge in [-0.05, 0) is 92.7 Å². The zero-order valence-electron chi connectivity index (χ0n) is 19.6. The fraction of sp³-hybridized carbons (Fsp3) is 0.259. The van der Waals surface area contributed by atoms with Crippen molar-refractivity contribution in [2.45, 2.75) is 38.4 Å². The van der Waals surface area contributed by atoms with Gasteiger partial charge in [0.2, 0.25) is 0 Å². The summed E-state index contributed by atoms with van der Waals surface area (Å²) in [5.74, 6) is 0.206. The largest absolute Gasteiger partial charge is 0.508 e. The number of hydrogen-bond donors (Lipinski definition) is 2. The number of likely N-dealkylation sites (N-methyl/N-ethyl adjacent to an activating group) is 1. The summed E-state index contributed by atoms with van der Waals surface area (Å²) in [5.41, 5.74) is 6.11. The number of aromatic hydroxyl groups is 1. The first-order valence-corrected chi connectivity index (χ1v) is 12.0. The van der Waals surface area contributed by atoms with Crippen molar-refractivity contribution >= 4 is 45.9 Å². The van der Waals surface area contributed by atoms with Crippen LogP contribution < -0.4 is 15.1 Å². The van der Waals surface area contributed by atoms with E-state index in [1.807, 2.05) is 30.3 Å². The molecule has 2 atom stereocenters. The zero-order chi connectivity index (χ0) is 24.2. The molecule has 0 aliphatic carbocycles. The van der Waals surface area contributed by atoms with Gasteiger partial charge in [0.05, 0.1) is 23.3 Å². The van der Waals surface area contributed by atoms with Gasteiger partial charge in [-0.25, -0.2) is 0 Å². The number of nitrogens with zero attached hydrogens (tertiary/aromatic N) is 3. The van der Waals surface area contributed by atoms with Crippen molar-refractivity contribution in [3.05, 3.63) is 88.7 Å². The molecule has 0 bridgehead atoms. The highest BCUT2D eigenvalue weighted by molar-refractivity contribution is 7.80. The van der Waals surface area contributed by atoms with Crippen LogP contribution in [0.25, 0.3) is 5.57 Å². The van der Waals surface area contributed by atoms with Crippen LogP contribution in [-0.4, -0.2) is 27.8 Å². The molecular formula is C27H27ClN4OS. The van der Waals surface area contributed by atoms with E-state index < -0.39 is 0 Å². The molecule has 3 heterocycles. The molecule has 5 rings (SSSR count). The van der Waals surface area contributed by atoms with Gasteiger partial charge in [0, 0.05) is 35.2 Å². The van der Waals surface area contributed by atoms with Crippen LogP contribution in [0.3, 0.4) is 0 Å². The molecule has 0 unspecified atom stereocenters. The van der Waals surface area contributed by atoms with Gasteiger partial charge >= 0.3 is 0 Å². The summed E-state index contributed by atoms with van der Waals surface area (Å²) in [7, 11) is 2.10. The minimum atomic E-state index is -0.224. The minimum absolute atomic E-state index is 0.104. The molecule has 0 saturated carbocycles. The first-order valence-electron chi connectivity index (χ1n) is 11.2. The van der Waals surface area contributed by atoms with Gasteiger partial charge in [-0.3, -0.25) is 4.98 Å². The Hall–Kier alpha value is -3.09. The fourth-order valence-corrected chi connectivity index (χ4v) is 5.59. The predicted molar refractivity (Wildman–Crippen MR) is 144 cm³/mol. The Morgan fingerprint density at radius 1 is 1.12 bits per heavy atom. The van der Waals surface area contributed by atoms with Crippen LogP contribution >= 0.6 is 23.8 Å². The molecule has 2 aliphatic heterocycles. The second-order valence-electron chi connectivity index (χ2n) is 9.44. The van der Waals surface area contributed by atoms with E-state index in [0.29, 0.717) is 10.1 Å². The highest BCUT2D eigenvalue weighted by atomic mass is 35.5. The van der Waals surface area contributed by atoms with E-state index in [1.165, 1.54) is 5.57 Å². The van der Waals surface area contributed by atoms with Crippen molar-refractivity contribution in [1.82, 2.24) is 10.3 Å². The summed E-state index contributed by atoms with van der Waals surface area (Å²) in [6, 6.07) is 16.8. The third kappa shape index (κ3) is 3.71. The maximum atomic E-state index is 9.84. The third-order valence-electron chi connectivity index (χ3n) is 6.88. The van der Waals surface area contributed by atoms with E-state index in [4.69, 9.17) is 23.8 Å². The highest BCUT2D eigenvalue weighted by Gasteiger charge is 2.42. The number of pyridine rings is 1. The lowest BCUT2D eigenvalue weighted by Crippen LogP contribution is -2.42. The summed E-state index contributed by atoms with van der Waals surface area (Å²) < 4.78 is 0. The van der Waals surface area contributed by atoms with E-state index in [9.17, 15) is 5.11 Å². The SMILES string of the molecule is CC1=CC(C)(C)N(C)c2cc(Cl)c([C@@H]3[C@H](c4ccccn4)NC(=S)N3c3ccc(O)cc3)cc21. The lowest BCUT2D eigenvalue weighted by molar-refractivity contribution is 0.475. The zero-order valence-corrected chi connectivity index (χ0v) is 21.2. The number of anilines is 2. The Bertz CT molecular complexity index is 1290. The van der Waals surface area contributed by atoms with E-state index in [0.717, 1.165) is 28.2 Å². The van der Waals surface area contributed by atoms with Gasteiger partial charge in [0.25, 0.3) is 0 Å². The molecular weight excluding hydrogens is 464 g/mol. The fourth-order valence-electron chi connectivity index (χ4n) is 4.98. The van der Waals surface area contributed by atoms with Gasteiger partial charge in [0.1, 0.15) is 5.75 Å². The molecule has 1 fully saturated rings. The number of allylic oxidation sites excluding steroid dienone is 1. The summed E-state index contributed by atoms with van der Waals surface area (Å²) in [6.45, 7) is 6.55. The minimum Gasteiger partial charge on any atom is -0.508 e. The second kappa shape index (κ2) is 8.29. The number of aromatic nitrogens is 1. The van der Waals surface area contributed by atoms with Crippen molar-refractivity contribution in [2.24, 2.45) is 0 Å². The monoisotopic (exact) mass is 490 g/mol. The molecule has 0 radical (unpaired) electrons. The van der Waals surface area contributed by atoms with Crippen molar-refractivity contribution in [2.75, 3.05) is 16.8 Å². The van der Waals surface area contributed by atoms with E-state index in [2.05, 4.69) is 66.1 Å². The van der Waals surface area contributed by atoms with E-state index >= 15 is 0 Å². The van der Waals surface area contributed by atoms with Crippen molar-refractivity contribution in [3.63, 3.8) is 0 Å². The van der Waals surface area contributed by atoms with Crippen LogP contribution in [0.4, 0.5) is 11.4 Å². The number of halogens is 1. The van der Waals surface area contributed by atoms with Crippen LogP contribution in [0.2, 0.25) is 5.02 Å². The van der Waals surface area contributed by atoms with Gasteiger partial charge in [-0.1, -0.05) is 23.7 Å². The lowest BCUT2D eigenvalue weighted by atomic mass is 9.86. The average Bonchev–Trinajstić information content (AvgIpc) is 3.15. The quantitative estimate of drug-likeness (QED) is 0.423. The first-order chi connectivity index (χ1) is 16.2. The number of fused-ring (bicyclic) bond motifs is 1. The van der Waals surface area contributed by atoms with Gasteiger partial charge < -0.3 is 20.2 Å². The average molecular weight is 491 g/mol. The van der Waals surface area contributed by atoms with Crippen molar-refractivity contribution in [3.8, 4) is 5.75 Å². The second-order valence-corrected chi connectivity index (χ2v) is 10.2. The number of hydrogen-bond acceptors (Lipinski definition) is 4. The number of rotatable bonds is 3. The molecule has 174 valence electrons. The smallest absolute Gasteiger partial charge is 0.174 e. The maximum absolute atomic E-state index is 9.84. The van der Waals surface area contributed by atoms with Gasteiger partial charge in [-0.2, -0.15) is 0 Å². The molecule has 1 saturated heterocycles. The Morgan fingerprint density at radius 3 is 2.53 bits per heavy atom. The summed E-state index contributed by atoms with van der Waals surface area (Å²) in [4.78, 5) is 8.95. The molecule has 2 N–H and O–H groups in total. The van der Waals surface area contributed by atoms with Crippen molar-refractivity contribution in [1.29, 1.82) is 0 Å². The number of nitrogens with one attached hydrogen (secondary N) is 1. The number of phenolic OH excluding ortho intramolecular Hbond substituents is 1. The van der Waals surface area contributed by atoms with Gasteiger partial charge in [0.15, 0.2) is 5.11 Å². The van der Waals surface area contributed by atoms with Crippen LogP contribution in [0.1, 0.15) is 49.7 Å². The normalized spacial score (nSPS) is 21.2. The Balaban J connectivity index is 1.70. The standard InChI is InChI=1S/C27H27ClN4OS/c1-16-15-27(2,3)31(4)23-14-21(28)20(13-19(16)23)25-24(22-7-5-6-12-29-22)30-26(34)32(25)17-8-10-18(33)11-9-17/h5-15,24-25,33H,1-4H3,(H,30,34)/t24-,25+/m0/s1. The number of benzene rings is 2. The molecule has 3 aromatic rings. The van der Waals surface area contributed by atoms with Crippen molar-refractivity contribution < 1.29 is 5.11 Å². The van der Waals surface area contributed by atoms with E-state index in [-0.39, 0.29) is 23.4 Å². The molecule has 5 nitrogen and oxygen atoms in total. The topological polar surface area (TPSA) is 51.6 Å². The number of thiocarbonyl (C=S) groups is 1. The molecule has 1 aromatic heterocycles. The Morgan fingerprint density at radius 2 is 1.85 bits per heavy atom. The summed E-state index contributed by atoms with van der Waals surface area (Å²) >= 11 is 12.8. The molecule has 2 aliphatic rings. The third-order valence-corrected chi connectivity index (χ3v) is 7.52. The lowest BCUT2D eigenvalue weighted by Gasteiger charge is -2.41. The van der Waals surface area contributed by atoms with Crippen LogP contribution in [0.15, 0.2) is 66.9 Å². The van der Waals surface area contributed by atoms with E-state index in [1.54, 1.807) is 18.3 Å². The Labute approximate surface area is 210 Å². The molecule has 0 amide bonds. The summed E-state index contributed by atoms with van der Waals surface area (Å²) in [5, 5.41) is 14.6. The van der Waals surface area contributed by atoms with Crippen LogP contribution in [0.5, 0.6) is 5.75 Å². The highest BCUT2D eigenvalue weighted by Crippen LogP contribution is 2.47. The maximum Gasteiger partial charge on any atom is 0.174 e. The molecule has 2 aromatic carbocycles. The predicted octanol–water partition coefficient (Wildman–Crippen LogP) is 6.25. The molecule has 34 heavy (non-hydrogen) atoms. The molecule has 0 spiro atoms. The molecule has 7 heteroatoms. The first kappa shape index (κ1) is 22.7. The van der Waals surface area contributed by atoms with Gasteiger partial charge in [-0.15, -0.1) is 0 Å². The van der Waals surface area contributed by atoms with Crippen LogP contribution in [-0.2, 0) is 0 Å². The Kier molecular flexibility index (Phi) is 5.53. The summed E-state index contributed by atoms with van der Waals surface area (Å²) in [6.07, 6.45) is 4.08.